The van der Waals surface area contributed by atoms with E-state index in [4.69, 9.17) is 0 Å². The lowest BCUT2D eigenvalue weighted by Crippen LogP contribution is -2.60. The number of aliphatic hydroxyl groups is 1. The fourth-order valence-corrected chi connectivity index (χ4v) is 2.51. The fourth-order valence-electron chi connectivity index (χ4n) is 2.51. The van der Waals surface area contributed by atoms with Crippen LogP contribution < -0.4 is 0 Å². The van der Waals surface area contributed by atoms with Crippen molar-refractivity contribution in [3.63, 3.8) is 0 Å². The molecule has 0 aliphatic rings. The second kappa shape index (κ2) is 9.10. The number of allylic oxidation sites excluding steroid dienone is 2. The van der Waals surface area contributed by atoms with Crippen molar-refractivity contribution < 1.29 is 19.5 Å². The first-order chi connectivity index (χ1) is 8.93. The van der Waals surface area contributed by atoms with Crippen molar-refractivity contribution in [1.29, 1.82) is 0 Å². The predicted octanol–water partition coefficient (Wildman–Crippen LogP) is 2.42. The molecule has 0 rings (SSSR count). The molecule has 0 aliphatic carbocycles. The molecule has 4 heteroatoms. The summed E-state index contributed by atoms with van der Waals surface area (Å²) in [4.78, 5) is 11.2. The Hall–Kier alpha value is -0.870. The molecule has 0 heterocycles. The molecule has 0 bridgehead atoms. The minimum Gasteiger partial charge on any atom is -0.477 e. The van der Waals surface area contributed by atoms with Gasteiger partial charge in [0, 0.05) is 0 Å². The smallest absolute Gasteiger partial charge is 0.362 e. The summed E-state index contributed by atoms with van der Waals surface area (Å²) >= 11 is 0. The molecule has 0 fully saturated rings. The Kier molecular flexibility index (Phi) is 8.68. The maximum atomic E-state index is 11.2. The van der Waals surface area contributed by atoms with Crippen LogP contribution in [-0.4, -0.2) is 52.4 Å². The highest BCUT2D eigenvalue weighted by Crippen LogP contribution is 2.17. The fraction of sp³-hybridized carbons (Fsp3) is 0.800. The Balaban J connectivity index is 4.56. The first kappa shape index (κ1) is 18.1. The third kappa shape index (κ3) is 5.74. The van der Waals surface area contributed by atoms with E-state index in [1.165, 1.54) is 0 Å². The van der Waals surface area contributed by atoms with Crippen LogP contribution in [0.1, 0.15) is 47.0 Å². The van der Waals surface area contributed by atoms with E-state index in [9.17, 15) is 15.0 Å². The lowest BCUT2D eigenvalue weighted by molar-refractivity contribution is -0.941. The summed E-state index contributed by atoms with van der Waals surface area (Å²) in [5.41, 5.74) is 0. The summed E-state index contributed by atoms with van der Waals surface area (Å²) in [6.45, 7) is 9.77. The van der Waals surface area contributed by atoms with Gasteiger partial charge in [0.15, 0.2) is 6.04 Å². The lowest BCUT2D eigenvalue weighted by atomic mass is 10.1. The van der Waals surface area contributed by atoms with E-state index in [1.54, 1.807) is 6.92 Å². The normalized spacial score (nSPS) is 15.6. The van der Waals surface area contributed by atoms with Crippen LogP contribution in [0.15, 0.2) is 12.2 Å². The standard InChI is InChI=1S/C15H29NO3/c1-5-8-9-10-11-14(17)12-16(6-2,7-3)13(4)15(18)19/h8-9,13-14,17H,5-7,10-12H2,1-4H3/p+1/b9-8+. The minimum atomic E-state index is -0.790. The summed E-state index contributed by atoms with van der Waals surface area (Å²) < 4.78 is 0.438. The SMILES string of the molecule is CC/C=C/CCC(O)C[N+](CC)(CC)C(C)C(=O)O. The molecule has 4 nitrogen and oxygen atoms in total. The van der Waals surface area contributed by atoms with Gasteiger partial charge in [-0.3, -0.25) is 0 Å². The number of aliphatic hydroxyl groups excluding tert-OH is 1. The van der Waals surface area contributed by atoms with Gasteiger partial charge in [0.2, 0.25) is 0 Å². The largest absolute Gasteiger partial charge is 0.477 e. The molecule has 2 N–H and O–H groups in total. The molecule has 2 unspecified atom stereocenters. The van der Waals surface area contributed by atoms with Crippen LogP contribution in [0, 0.1) is 0 Å². The maximum Gasteiger partial charge on any atom is 0.362 e. The third-order valence-electron chi connectivity index (χ3n) is 4.08. The molecule has 0 aliphatic heterocycles. The van der Waals surface area contributed by atoms with Crippen LogP contribution in [-0.2, 0) is 4.79 Å². The number of hydrogen-bond acceptors (Lipinski definition) is 2. The van der Waals surface area contributed by atoms with Crippen molar-refractivity contribution in [1.82, 2.24) is 0 Å². The summed E-state index contributed by atoms with van der Waals surface area (Å²) in [6.07, 6.45) is 6.29. The minimum absolute atomic E-state index is 0.438. The van der Waals surface area contributed by atoms with Crippen molar-refractivity contribution >= 4 is 5.97 Å². The van der Waals surface area contributed by atoms with E-state index < -0.39 is 18.1 Å². The molecular formula is C15H30NO3+. The zero-order chi connectivity index (χ0) is 14.9. The quantitative estimate of drug-likeness (QED) is 0.474. The van der Waals surface area contributed by atoms with E-state index in [0.29, 0.717) is 17.4 Å². The summed E-state index contributed by atoms with van der Waals surface area (Å²) in [7, 11) is 0. The number of carboxylic acids is 1. The van der Waals surface area contributed by atoms with Gasteiger partial charge < -0.3 is 14.7 Å². The molecule has 0 aromatic carbocycles. The Morgan fingerprint density at radius 2 is 1.79 bits per heavy atom. The van der Waals surface area contributed by atoms with E-state index in [0.717, 1.165) is 25.9 Å². The summed E-state index contributed by atoms with van der Waals surface area (Å²) in [5.74, 6) is -0.790. The second-order valence-corrected chi connectivity index (χ2v) is 5.16. The first-order valence-electron chi connectivity index (χ1n) is 7.35. The van der Waals surface area contributed by atoms with E-state index in [2.05, 4.69) is 19.1 Å². The Labute approximate surface area is 117 Å². The number of hydrogen-bond donors (Lipinski definition) is 2. The van der Waals surface area contributed by atoms with Gasteiger partial charge in [-0.25, -0.2) is 4.79 Å². The van der Waals surface area contributed by atoms with Crippen LogP contribution in [0.3, 0.4) is 0 Å². The molecule has 2 atom stereocenters. The highest BCUT2D eigenvalue weighted by atomic mass is 16.4. The van der Waals surface area contributed by atoms with Gasteiger partial charge in [0.25, 0.3) is 0 Å². The van der Waals surface area contributed by atoms with Crippen molar-refractivity contribution in [2.45, 2.75) is 59.1 Å². The van der Waals surface area contributed by atoms with Gasteiger partial charge in [0.1, 0.15) is 12.6 Å². The number of likely N-dealkylation sites (N-methyl/N-ethyl adjacent to an activating group) is 1. The predicted molar refractivity (Wildman–Crippen MR) is 78.0 cm³/mol. The highest BCUT2D eigenvalue weighted by molar-refractivity contribution is 5.71. The van der Waals surface area contributed by atoms with Crippen LogP contribution in [0.4, 0.5) is 0 Å². The Morgan fingerprint density at radius 3 is 2.21 bits per heavy atom. The van der Waals surface area contributed by atoms with E-state index in [1.807, 2.05) is 13.8 Å². The van der Waals surface area contributed by atoms with Crippen LogP contribution in [0.5, 0.6) is 0 Å². The molecule has 0 radical (unpaired) electrons. The van der Waals surface area contributed by atoms with Crippen LogP contribution in [0.2, 0.25) is 0 Å². The summed E-state index contributed by atoms with van der Waals surface area (Å²) in [6, 6.07) is -0.476. The van der Waals surface area contributed by atoms with Gasteiger partial charge in [-0.15, -0.1) is 0 Å². The number of rotatable bonds is 10. The number of aliphatic carboxylic acids is 1. The Bertz CT molecular complexity index is 285. The Morgan fingerprint density at radius 1 is 1.21 bits per heavy atom. The maximum absolute atomic E-state index is 11.2. The molecule has 0 amide bonds. The number of carbonyl (C=O) groups is 1. The van der Waals surface area contributed by atoms with Crippen molar-refractivity contribution in [3.05, 3.63) is 12.2 Å². The lowest BCUT2D eigenvalue weighted by Gasteiger charge is -2.41. The molecule has 0 aromatic rings. The van der Waals surface area contributed by atoms with Crippen LogP contribution in [0.25, 0.3) is 0 Å². The van der Waals surface area contributed by atoms with Gasteiger partial charge in [-0.1, -0.05) is 19.1 Å². The molecule has 19 heavy (non-hydrogen) atoms. The first-order valence-corrected chi connectivity index (χ1v) is 7.35. The topological polar surface area (TPSA) is 57.5 Å². The van der Waals surface area contributed by atoms with Crippen LogP contribution >= 0.6 is 0 Å². The molecule has 0 spiro atoms. The third-order valence-corrected chi connectivity index (χ3v) is 4.08. The molecule has 0 saturated heterocycles. The summed E-state index contributed by atoms with van der Waals surface area (Å²) in [5, 5.41) is 19.4. The zero-order valence-electron chi connectivity index (χ0n) is 12.8. The van der Waals surface area contributed by atoms with Gasteiger partial charge in [-0.2, -0.15) is 0 Å². The van der Waals surface area contributed by atoms with Crippen molar-refractivity contribution in [2.24, 2.45) is 0 Å². The molecule has 0 saturated carbocycles. The van der Waals surface area contributed by atoms with Gasteiger partial charge >= 0.3 is 5.97 Å². The number of quaternary nitrogens is 1. The average Bonchev–Trinajstić information content (AvgIpc) is 2.40. The number of nitrogens with zero attached hydrogens (tertiary/aromatic N) is 1. The van der Waals surface area contributed by atoms with E-state index >= 15 is 0 Å². The average molecular weight is 272 g/mol. The second-order valence-electron chi connectivity index (χ2n) is 5.16. The number of carboxylic acid groups (broad SMARTS) is 1. The molecule has 112 valence electrons. The van der Waals surface area contributed by atoms with Crippen molar-refractivity contribution in [2.75, 3.05) is 19.6 Å². The highest BCUT2D eigenvalue weighted by Gasteiger charge is 2.37. The van der Waals surface area contributed by atoms with Gasteiger partial charge in [0.05, 0.1) is 13.1 Å². The zero-order valence-corrected chi connectivity index (χ0v) is 12.8. The van der Waals surface area contributed by atoms with E-state index in [-0.39, 0.29) is 0 Å². The van der Waals surface area contributed by atoms with Crippen molar-refractivity contribution in [3.8, 4) is 0 Å². The molecular weight excluding hydrogens is 242 g/mol. The van der Waals surface area contributed by atoms with Gasteiger partial charge in [-0.05, 0) is 40.0 Å². The molecule has 0 aromatic heterocycles. The monoisotopic (exact) mass is 272 g/mol.